The van der Waals surface area contributed by atoms with Crippen molar-refractivity contribution in [3.8, 4) is 0 Å². The monoisotopic (exact) mass is 226 g/mol. The number of carboxylic acids is 1. The van der Waals surface area contributed by atoms with Crippen LogP contribution in [-0.4, -0.2) is 26.4 Å². The van der Waals surface area contributed by atoms with Crippen molar-refractivity contribution in [2.45, 2.75) is 19.4 Å². The molecule has 0 aromatic carbocycles. The maximum Gasteiger partial charge on any atom is 0.309 e. The first kappa shape index (κ1) is 11.8. The Bertz CT molecular complexity index is 360. The minimum Gasteiger partial charge on any atom is -0.481 e. The Kier molecular flexibility index (Phi) is 4.42. The highest BCUT2D eigenvalue weighted by Crippen LogP contribution is 2.08. The molecule has 1 aromatic rings. The second kappa shape index (κ2) is 5.60. The number of thiol groups is 1. The molecule has 1 rings (SSSR count). The average molecular weight is 226 g/mol. The molecule has 0 unspecified atom stereocenters. The Morgan fingerprint density at radius 1 is 1.73 bits per heavy atom. The van der Waals surface area contributed by atoms with Crippen LogP contribution in [0.25, 0.3) is 0 Å². The molecule has 0 saturated heterocycles. The van der Waals surface area contributed by atoms with Gasteiger partial charge in [-0.3, -0.25) is 4.79 Å². The molecule has 15 heavy (non-hydrogen) atoms. The molecule has 0 spiro atoms. The van der Waals surface area contributed by atoms with Crippen LogP contribution in [0, 0.1) is 0 Å². The lowest BCUT2D eigenvalue weighted by Gasteiger charge is -2.07. The molecular formula is C10H14N2O2S. The van der Waals surface area contributed by atoms with E-state index in [4.69, 9.17) is 5.11 Å². The lowest BCUT2D eigenvalue weighted by molar-refractivity contribution is -0.136. The summed E-state index contributed by atoms with van der Waals surface area (Å²) in [5.74, 6) is 0.656. The fraction of sp³-hybridized carbons (Fsp3) is 0.400. The number of imidazole rings is 1. The summed E-state index contributed by atoms with van der Waals surface area (Å²) in [6.07, 6.45) is 4.00. The standard InChI is InChI=1S/C10H14N2O2S/c1-2-3-9-11-7-8(6-10(13)14)12(9)4-5-15/h2,7,15H,1,3-6H2,(H,13,14). The van der Waals surface area contributed by atoms with E-state index < -0.39 is 5.97 Å². The molecule has 0 radical (unpaired) electrons. The molecule has 82 valence electrons. The van der Waals surface area contributed by atoms with Crippen LogP contribution in [0.2, 0.25) is 0 Å². The molecule has 4 nitrogen and oxygen atoms in total. The highest BCUT2D eigenvalue weighted by Gasteiger charge is 2.10. The Morgan fingerprint density at radius 3 is 3.00 bits per heavy atom. The molecule has 0 bridgehead atoms. The van der Waals surface area contributed by atoms with E-state index in [1.807, 2.05) is 4.57 Å². The predicted molar refractivity (Wildman–Crippen MR) is 61.3 cm³/mol. The minimum atomic E-state index is -0.847. The second-order valence-corrected chi connectivity index (χ2v) is 3.55. The first-order valence-corrected chi connectivity index (χ1v) is 5.29. The Balaban J connectivity index is 2.94. The van der Waals surface area contributed by atoms with Gasteiger partial charge in [0.2, 0.25) is 0 Å². The molecule has 1 N–H and O–H groups in total. The number of carboxylic acid groups (broad SMARTS) is 1. The zero-order chi connectivity index (χ0) is 11.3. The van der Waals surface area contributed by atoms with E-state index in [9.17, 15) is 4.79 Å². The van der Waals surface area contributed by atoms with Crippen molar-refractivity contribution >= 4 is 18.6 Å². The normalized spacial score (nSPS) is 10.2. The summed E-state index contributed by atoms with van der Waals surface area (Å²) >= 11 is 4.14. The van der Waals surface area contributed by atoms with Crippen molar-refractivity contribution in [3.63, 3.8) is 0 Å². The molecular weight excluding hydrogens is 212 g/mol. The number of carbonyl (C=O) groups is 1. The second-order valence-electron chi connectivity index (χ2n) is 3.10. The smallest absolute Gasteiger partial charge is 0.309 e. The number of rotatable bonds is 6. The van der Waals surface area contributed by atoms with Crippen LogP contribution < -0.4 is 0 Å². The third-order valence-electron chi connectivity index (χ3n) is 2.00. The van der Waals surface area contributed by atoms with Crippen molar-refractivity contribution in [1.82, 2.24) is 9.55 Å². The SMILES string of the molecule is C=CCc1ncc(CC(=O)O)n1CCS. The minimum absolute atomic E-state index is 0.00206. The van der Waals surface area contributed by atoms with Gasteiger partial charge in [0, 0.05) is 30.6 Å². The average Bonchev–Trinajstić information content (AvgIpc) is 2.51. The zero-order valence-electron chi connectivity index (χ0n) is 8.39. The topological polar surface area (TPSA) is 55.1 Å². The predicted octanol–water partition coefficient (Wildman–Crippen LogP) is 1.17. The number of hydrogen-bond acceptors (Lipinski definition) is 3. The summed E-state index contributed by atoms with van der Waals surface area (Å²) in [6.45, 7) is 4.31. The lowest BCUT2D eigenvalue weighted by atomic mass is 10.3. The largest absolute Gasteiger partial charge is 0.481 e. The van der Waals surface area contributed by atoms with Gasteiger partial charge in [0.05, 0.1) is 6.42 Å². The molecule has 5 heteroatoms. The van der Waals surface area contributed by atoms with Crippen LogP contribution in [0.3, 0.4) is 0 Å². The summed E-state index contributed by atoms with van der Waals surface area (Å²) in [6, 6.07) is 0. The van der Waals surface area contributed by atoms with Crippen molar-refractivity contribution in [2.24, 2.45) is 0 Å². The Labute approximate surface area is 94.0 Å². The third kappa shape index (κ3) is 3.13. The van der Waals surface area contributed by atoms with Crippen molar-refractivity contribution in [1.29, 1.82) is 0 Å². The van der Waals surface area contributed by atoms with E-state index in [2.05, 4.69) is 24.2 Å². The Morgan fingerprint density at radius 2 is 2.47 bits per heavy atom. The van der Waals surface area contributed by atoms with E-state index in [-0.39, 0.29) is 6.42 Å². The number of nitrogens with zero attached hydrogens (tertiary/aromatic N) is 2. The van der Waals surface area contributed by atoms with Crippen LogP contribution in [0.5, 0.6) is 0 Å². The van der Waals surface area contributed by atoms with Crippen molar-refractivity contribution < 1.29 is 9.90 Å². The number of aromatic nitrogens is 2. The maximum absolute atomic E-state index is 10.6. The Hall–Kier alpha value is -1.23. The lowest BCUT2D eigenvalue weighted by Crippen LogP contribution is -2.11. The highest BCUT2D eigenvalue weighted by atomic mass is 32.1. The van der Waals surface area contributed by atoms with Crippen LogP contribution in [0.4, 0.5) is 0 Å². The summed E-state index contributed by atoms with van der Waals surface area (Å²) in [4.78, 5) is 14.8. The molecule has 0 atom stereocenters. The van der Waals surface area contributed by atoms with Gasteiger partial charge in [0.15, 0.2) is 0 Å². The molecule has 0 fully saturated rings. The van der Waals surface area contributed by atoms with E-state index >= 15 is 0 Å². The molecule has 0 aliphatic rings. The van der Waals surface area contributed by atoms with Gasteiger partial charge >= 0.3 is 5.97 Å². The van der Waals surface area contributed by atoms with Crippen LogP contribution >= 0.6 is 12.6 Å². The first-order valence-electron chi connectivity index (χ1n) is 4.66. The van der Waals surface area contributed by atoms with E-state index in [0.29, 0.717) is 24.4 Å². The van der Waals surface area contributed by atoms with Gasteiger partial charge in [-0.25, -0.2) is 4.98 Å². The van der Waals surface area contributed by atoms with Gasteiger partial charge in [-0.15, -0.1) is 6.58 Å². The zero-order valence-corrected chi connectivity index (χ0v) is 9.28. The van der Waals surface area contributed by atoms with E-state index in [1.54, 1.807) is 12.3 Å². The van der Waals surface area contributed by atoms with Crippen molar-refractivity contribution in [3.05, 3.63) is 30.4 Å². The van der Waals surface area contributed by atoms with Crippen LogP contribution in [0.15, 0.2) is 18.9 Å². The molecule has 0 aliphatic carbocycles. The molecule has 1 heterocycles. The fourth-order valence-electron chi connectivity index (χ4n) is 1.41. The van der Waals surface area contributed by atoms with Gasteiger partial charge in [-0.1, -0.05) is 6.08 Å². The van der Waals surface area contributed by atoms with Gasteiger partial charge in [0.1, 0.15) is 5.82 Å². The van der Waals surface area contributed by atoms with Crippen LogP contribution in [-0.2, 0) is 24.2 Å². The fourth-order valence-corrected chi connectivity index (χ4v) is 1.61. The quantitative estimate of drug-likeness (QED) is 0.565. The molecule has 0 aliphatic heterocycles. The molecule has 1 aromatic heterocycles. The number of aliphatic carboxylic acids is 1. The maximum atomic E-state index is 10.6. The summed E-state index contributed by atoms with van der Waals surface area (Å²) in [5, 5.41) is 8.72. The summed E-state index contributed by atoms with van der Waals surface area (Å²) in [5.41, 5.74) is 0.716. The van der Waals surface area contributed by atoms with E-state index in [1.165, 1.54) is 0 Å². The summed E-state index contributed by atoms with van der Waals surface area (Å²) in [7, 11) is 0. The van der Waals surface area contributed by atoms with Gasteiger partial charge in [0.25, 0.3) is 0 Å². The third-order valence-corrected chi connectivity index (χ3v) is 2.20. The van der Waals surface area contributed by atoms with Gasteiger partial charge in [-0.05, 0) is 0 Å². The van der Waals surface area contributed by atoms with Gasteiger partial charge < -0.3 is 9.67 Å². The summed E-state index contributed by atoms with van der Waals surface area (Å²) < 4.78 is 1.89. The highest BCUT2D eigenvalue weighted by molar-refractivity contribution is 7.80. The van der Waals surface area contributed by atoms with Crippen molar-refractivity contribution in [2.75, 3.05) is 5.75 Å². The number of hydrogen-bond donors (Lipinski definition) is 2. The van der Waals surface area contributed by atoms with Gasteiger partial charge in [-0.2, -0.15) is 12.6 Å². The molecule has 0 saturated carbocycles. The van der Waals surface area contributed by atoms with Crippen LogP contribution in [0.1, 0.15) is 11.5 Å². The molecule has 0 amide bonds. The number of allylic oxidation sites excluding steroid dienone is 1. The first-order chi connectivity index (χ1) is 7.19. The van der Waals surface area contributed by atoms with E-state index in [0.717, 1.165) is 5.82 Å².